The van der Waals surface area contributed by atoms with E-state index in [1.54, 1.807) is 13.8 Å². The smallest absolute Gasteiger partial charge is 0.146 e. The number of hydrogen-bond acceptors (Lipinski definition) is 6. The minimum absolute atomic E-state index is 0.0573. The third kappa shape index (κ3) is 16.1. The van der Waals surface area contributed by atoms with Gasteiger partial charge >= 0.3 is 0 Å². The molecule has 0 fully saturated rings. The first-order valence-electron chi connectivity index (χ1n) is 9.09. The lowest BCUT2D eigenvalue weighted by molar-refractivity contribution is -0.119. The van der Waals surface area contributed by atoms with E-state index in [9.17, 15) is 9.59 Å². The standard InChI is InChI=1S/2C9H20N2O/c2*1-8(12)9(11-3)6-4-5-7-10-2/h2*9-11H,4-7H2,1-3H3. The van der Waals surface area contributed by atoms with E-state index in [0.29, 0.717) is 0 Å². The number of nitrogens with one attached hydrogen (secondary N) is 4. The molecule has 0 radical (unpaired) electrons. The molecule has 0 amide bonds. The van der Waals surface area contributed by atoms with Gasteiger partial charge < -0.3 is 21.3 Å². The first kappa shape index (κ1) is 25.4. The van der Waals surface area contributed by atoms with Crippen LogP contribution in [0.3, 0.4) is 0 Å². The second kappa shape index (κ2) is 18.5. The van der Waals surface area contributed by atoms with E-state index in [4.69, 9.17) is 0 Å². The van der Waals surface area contributed by atoms with Crippen LogP contribution in [-0.2, 0) is 9.59 Å². The van der Waals surface area contributed by atoms with Crippen molar-refractivity contribution in [3.05, 3.63) is 0 Å². The lowest BCUT2D eigenvalue weighted by Gasteiger charge is -2.11. The Bertz CT molecular complexity index is 281. The van der Waals surface area contributed by atoms with Gasteiger partial charge in [-0.15, -0.1) is 0 Å². The highest BCUT2D eigenvalue weighted by Crippen LogP contribution is 2.01. The Morgan fingerprint density at radius 1 is 0.667 bits per heavy atom. The molecule has 2 atom stereocenters. The molecule has 0 saturated carbocycles. The predicted molar refractivity (Wildman–Crippen MR) is 103 cm³/mol. The molecule has 6 nitrogen and oxygen atoms in total. The Morgan fingerprint density at radius 2 is 1.00 bits per heavy atom. The zero-order chi connectivity index (χ0) is 18.8. The summed E-state index contributed by atoms with van der Waals surface area (Å²) >= 11 is 0. The van der Waals surface area contributed by atoms with Crippen LogP contribution < -0.4 is 21.3 Å². The maximum absolute atomic E-state index is 11.0. The number of unbranched alkanes of at least 4 members (excludes halogenated alkanes) is 2. The van der Waals surface area contributed by atoms with Gasteiger partial charge in [-0.25, -0.2) is 0 Å². The van der Waals surface area contributed by atoms with Crippen LogP contribution in [0.2, 0.25) is 0 Å². The molecule has 0 aliphatic heterocycles. The number of carbonyl (C=O) groups excluding carboxylic acids is 2. The molecule has 0 rings (SSSR count). The van der Waals surface area contributed by atoms with Crippen LogP contribution in [0.1, 0.15) is 52.4 Å². The van der Waals surface area contributed by atoms with Crippen molar-refractivity contribution in [3.63, 3.8) is 0 Å². The number of ketones is 2. The Balaban J connectivity index is 0. The summed E-state index contributed by atoms with van der Waals surface area (Å²) in [6, 6.07) is 0.115. The summed E-state index contributed by atoms with van der Waals surface area (Å²) in [5.74, 6) is 0.476. The summed E-state index contributed by atoms with van der Waals surface area (Å²) in [6.07, 6.45) is 6.39. The number of rotatable bonds is 14. The van der Waals surface area contributed by atoms with E-state index in [1.165, 1.54) is 0 Å². The number of Topliss-reactive ketones (excluding diaryl/α,β-unsaturated/α-hetero) is 2. The molecule has 0 aromatic heterocycles. The van der Waals surface area contributed by atoms with Gasteiger partial charge in [0, 0.05) is 0 Å². The second-order valence-corrected chi connectivity index (χ2v) is 6.10. The molecule has 0 aromatic carbocycles. The summed E-state index contributed by atoms with van der Waals surface area (Å²) in [5, 5.41) is 12.2. The third-order valence-corrected chi connectivity index (χ3v) is 4.02. The highest BCUT2D eigenvalue weighted by molar-refractivity contribution is 5.81. The molecule has 0 saturated heterocycles. The van der Waals surface area contributed by atoms with Crippen molar-refractivity contribution in [2.24, 2.45) is 0 Å². The molecule has 0 aliphatic carbocycles. The first-order valence-corrected chi connectivity index (χ1v) is 9.09. The minimum atomic E-state index is 0.0573. The van der Waals surface area contributed by atoms with E-state index in [0.717, 1.165) is 51.6 Å². The van der Waals surface area contributed by atoms with Gasteiger partial charge in [0.05, 0.1) is 12.1 Å². The van der Waals surface area contributed by atoms with Gasteiger partial charge in [0.1, 0.15) is 11.6 Å². The van der Waals surface area contributed by atoms with Gasteiger partial charge in [-0.1, -0.05) is 12.8 Å². The van der Waals surface area contributed by atoms with Gasteiger partial charge in [-0.3, -0.25) is 9.59 Å². The molecular weight excluding hydrogens is 304 g/mol. The summed E-state index contributed by atoms with van der Waals surface area (Å²) in [5.41, 5.74) is 0. The van der Waals surface area contributed by atoms with Crippen molar-refractivity contribution < 1.29 is 9.59 Å². The number of hydrogen-bond donors (Lipinski definition) is 4. The predicted octanol–water partition coefficient (Wildman–Crippen LogP) is 1.11. The fraction of sp³-hybridized carbons (Fsp3) is 0.889. The Labute approximate surface area is 148 Å². The largest absolute Gasteiger partial charge is 0.320 e. The second-order valence-electron chi connectivity index (χ2n) is 6.10. The van der Waals surface area contributed by atoms with Crippen LogP contribution in [0.25, 0.3) is 0 Å². The Hall–Kier alpha value is -0.820. The van der Waals surface area contributed by atoms with Gasteiger partial charge in [0.15, 0.2) is 0 Å². The van der Waals surface area contributed by atoms with E-state index in [1.807, 2.05) is 28.2 Å². The molecule has 0 bridgehead atoms. The topological polar surface area (TPSA) is 82.3 Å². The van der Waals surface area contributed by atoms with Crippen LogP contribution in [-0.4, -0.2) is 64.9 Å². The van der Waals surface area contributed by atoms with Crippen molar-refractivity contribution in [2.75, 3.05) is 41.3 Å². The fourth-order valence-corrected chi connectivity index (χ4v) is 2.40. The van der Waals surface area contributed by atoms with Crippen molar-refractivity contribution >= 4 is 11.6 Å². The van der Waals surface area contributed by atoms with Gasteiger partial charge in [0.25, 0.3) is 0 Å². The van der Waals surface area contributed by atoms with Crippen molar-refractivity contribution in [3.8, 4) is 0 Å². The van der Waals surface area contributed by atoms with E-state index in [-0.39, 0.29) is 23.7 Å². The zero-order valence-electron chi connectivity index (χ0n) is 16.6. The van der Waals surface area contributed by atoms with Crippen LogP contribution >= 0.6 is 0 Å². The molecule has 144 valence electrons. The molecular formula is C18H40N4O2. The van der Waals surface area contributed by atoms with E-state index >= 15 is 0 Å². The molecule has 24 heavy (non-hydrogen) atoms. The summed E-state index contributed by atoms with van der Waals surface area (Å²) in [4.78, 5) is 21.9. The summed E-state index contributed by atoms with van der Waals surface area (Å²) < 4.78 is 0. The average molecular weight is 345 g/mol. The normalized spacial score (nSPS) is 12.9. The highest BCUT2D eigenvalue weighted by atomic mass is 16.1. The van der Waals surface area contributed by atoms with Crippen LogP contribution in [0.5, 0.6) is 0 Å². The molecule has 0 heterocycles. The van der Waals surface area contributed by atoms with Crippen molar-refractivity contribution in [1.29, 1.82) is 0 Å². The third-order valence-electron chi connectivity index (χ3n) is 4.02. The van der Waals surface area contributed by atoms with Gasteiger partial charge in [-0.05, 0) is 80.8 Å². The lowest BCUT2D eigenvalue weighted by Crippen LogP contribution is -2.32. The number of carbonyl (C=O) groups is 2. The highest BCUT2D eigenvalue weighted by Gasteiger charge is 2.10. The minimum Gasteiger partial charge on any atom is -0.320 e. The maximum atomic E-state index is 11.0. The summed E-state index contributed by atoms with van der Waals surface area (Å²) in [6.45, 7) is 5.35. The Morgan fingerprint density at radius 3 is 1.21 bits per heavy atom. The lowest BCUT2D eigenvalue weighted by atomic mass is 10.1. The zero-order valence-corrected chi connectivity index (χ0v) is 16.6. The summed E-state index contributed by atoms with van der Waals surface area (Å²) in [7, 11) is 7.56. The SMILES string of the molecule is CNCCCCC(NC)C(C)=O.CNCCCCC(NC)C(C)=O. The quantitative estimate of drug-likeness (QED) is 0.353. The first-order chi connectivity index (χ1) is 11.4. The van der Waals surface area contributed by atoms with Crippen molar-refractivity contribution in [2.45, 2.75) is 64.5 Å². The van der Waals surface area contributed by atoms with Crippen LogP contribution in [0.4, 0.5) is 0 Å². The average Bonchev–Trinajstić information content (AvgIpc) is 2.55. The molecule has 0 spiro atoms. The monoisotopic (exact) mass is 344 g/mol. The maximum Gasteiger partial charge on any atom is 0.146 e. The molecule has 2 unspecified atom stereocenters. The van der Waals surface area contributed by atoms with E-state index in [2.05, 4.69) is 21.3 Å². The molecule has 4 N–H and O–H groups in total. The molecule has 0 aliphatic rings. The molecule has 6 heteroatoms. The molecule has 0 aromatic rings. The van der Waals surface area contributed by atoms with Crippen molar-refractivity contribution in [1.82, 2.24) is 21.3 Å². The Kier molecular flexibility index (Phi) is 19.6. The van der Waals surface area contributed by atoms with Gasteiger partial charge in [0.2, 0.25) is 0 Å². The van der Waals surface area contributed by atoms with Crippen LogP contribution in [0, 0.1) is 0 Å². The van der Waals surface area contributed by atoms with Gasteiger partial charge in [-0.2, -0.15) is 0 Å². The fourth-order valence-electron chi connectivity index (χ4n) is 2.40. The number of likely N-dealkylation sites (N-methyl/N-ethyl adjacent to an activating group) is 2. The van der Waals surface area contributed by atoms with Crippen LogP contribution in [0.15, 0.2) is 0 Å². The van der Waals surface area contributed by atoms with E-state index < -0.39 is 0 Å².